The first-order valence-corrected chi connectivity index (χ1v) is 5.74. The van der Waals surface area contributed by atoms with Gasteiger partial charge in [0.25, 0.3) is 0 Å². The highest BCUT2D eigenvalue weighted by Gasteiger charge is 2.10. The van der Waals surface area contributed by atoms with Crippen molar-refractivity contribution in [1.82, 2.24) is 9.78 Å². The maximum Gasteiger partial charge on any atom is 0.226 e. The molecule has 18 heavy (non-hydrogen) atoms. The Labute approximate surface area is 105 Å². The Morgan fingerprint density at radius 1 is 1.61 bits per heavy atom. The fourth-order valence-electron chi connectivity index (χ4n) is 1.68. The van der Waals surface area contributed by atoms with Crippen LogP contribution in [0.25, 0.3) is 0 Å². The van der Waals surface area contributed by atoms with Gasteiger partial charge in [-0.15, -0.1) is 0 Å². The molecular formula is C12H16N4O2. The van der Waals surface area contributed by atoms with Crippen LogP contribution < -0.4 is 11.1 Å². The smallest absolute Gasteiger partial charge is 0.226 e. The Morgan fingerprint density at radius 3 is 3.11 bits per heavy atom. The SMILES string of the molecule is Cn1cc(CN)c(NC(=O)CCc2ccco2)n1. The van der Waals surface area contributed by atoms with Crippen LogP contribution in [0.15, 0.2) is 29.0 Å². The lowest BCUT2D eigenvalue weighted by molar-refractivity contribution is -0.116. The third kappa shape index (κ3) is 2.98. The molecule has 6 heteroatoms. The molecule has 2 aromatic rings. The van der Waals surface area contributed by atoms with Crippen molar-refractivity contribution in [2.45, 2.75) is 19.4 Å². The number of hydrogen-bond acceptors (Lipinski definition) is 4. The lowest BCUT2D eigenvalue weighted by Gasteiger charge is -2.02. The van der Waals surface area contributed by atoms with Gasteiger partial charge in [0.05, 0.1) is 6.26 Å². The predicted molar refractivity (Wildman–Crippen MR) is 66.8 cm³/mol. The Morgan fingerprint density at radius 2 is 2.44 bits per heavy atom. The number of carbonyl (C=O) groups excluding carboxylic acids is 1. The van der Waals surface area contributed by atoms with E-state index < -0.39 is 0 Å². The molecule has 0 aromatic carbocycles. The second-order valence-electron chi connectivity index (χ2n) is 4.01. The average molecular weight is 248 g/mol. The third-order valence-electron chi connectivity index (χ3n) is 2.56. The maximum atomic E-state index is 11.7. The molecule has 0 unspecified atom stereocenters. The molecule has 0 radical (unpaired) electrons. The molecule has 0 saturated carbocycles. The lowest BCUT2D eigenvalue weighted by Crippen LogP contribution is -2.14. The number of aryl methyl sites for hydroxylation is 2. The van der Waals surface area contributed by atoms with Crippen LogP contribution in [0, 0.1) is 0 Å². The van der Waals surface area contributed by atoms with Crippen LogP contribution in [0.3, 0.4) is 0 Å². The van der Waals surface area contributed by atoms with Gasteiger partial charge in [-0.2, -0.15) is 5.10 Å². The van der Waals surface area contributed by atoms with E-state index in [1.54, 1.807) is 30.3 Å². The molecule has 0 spiro atoms. The first-order valence-electron chi connectivity index (χ1n) is 5.74. The van der Waals surface area contributed by atoms with E-state index in [1.807, 2.05) is 6.07 Å². The van der Waals surface area contributed by atoms with Gasteiger partial charge in [0, 0.05) is 38.2 Å². The third-order valence-corrected chi connectivity index (χ3v) is 2.56. The number of furan rings is 1. The van der Waals surface area contributed by atoms with E-state index >= 15 is 0 Å². The number of aromatic nitrogens is 2. The van der Waals surface area contributed by atoms with Crippen molar-refractivity contribution in [2.24, 2.45) is 12.8 Å². The number of rotatable bonds is 5. The van der Waals surface area contributed by atoms with Crippen LogP contribution >= 0.6 is 0 Å². The van der Waals surface area contributed by atoms with Gasteiger partial charge in [0.1, 0.15) is 5.76 Å². The first kappa shape index (κ1) is 12.4. The molecule has 0 bridgehead atoms. The summed E-state index contributed by atoms with van der Waals surface area (Å²) in [5.74, 6) is 1.23. The summed E-state index contributed by atoms with van der Waals surface area (Å²) in [4.78, 5) is 11.7. The molecule has 0 saturated heterocycles. The molecule has 0 aliphatic carbocycles. The van der Waals surface area contributed by atoms with Gasteiger partial charge in [0.2, 0.25) is 5.91 Å². The van der Waals surface area contributed by atoms with Gasteiger partial charge in [-0.1, -0.05) is 0 Å². The summed E-state index contributed by atoms with van der Waals surface area (Å²) in [7, 11) is 1.79. The molecule has 0 atom stereocenters. The topological polar surface area (TPSA) is 86.1 Å². The number of nitrogens with one attached hydrogen (secondary N) is 1. The molecule has 2 rings (SSSR count). The zero-order valence-electron chi connectivity index (χ0n) is 10.2. The number of nitrogens with zero attached hydrogens (tertiary/aromatic N) is 2. The van der Waals surface area contributed by atoms with Crippen molar-refractivity contribution in [3.8, 4) is 0 Å². The highest BCUT2D eigenvalue weighted by atomic mass is 16.3. The van der Waals surface area contributed by atoms with Gasteiger partial charge in [-0.05, 0) is 12.1 Å². The molecule has 2 aromatic heterocycles. The Bertz CT molecular complexity index is 516. The molecule has 6 nitrogen and oxygen atoms in total. The van der Waals surface area contributed by atoms with Gasteiger partial charge in [-0.25, -0.2) is 0 Å². The number of carbonyl (C=O) groups is 1. The Kier molecular flexibility index (Phi) is 3.78. The van der Waals surface area contributed by atoms with E-state index in [2.05, 4.69) is 10.4 Å². The summed E-state index contributed by atoms with van der Waals surface area (Å²) in [5, 5.41) is 6.90. The van der Waals surface area contributed by atoms with E-state index in [0.717, 1.165) is 11.3 Å². The zero-order valence-corrected chi connectivity index (χ0v) is 10.2. The highest BCUT2D eigenvalue weighted by Crippen LogP contribution is 2.12. The fourth-order valence-corrected chi connectivity index (χ4v) is 1.68. The first-order chi connectivity index (χ1) is 8.69. The average Bonchev–Trinajstić information content (AvgIpc) is 2.96. The minimum Gasteiger partial charge on any atom is -0.469 e. The van der Waals surface area contributed by atoms with Crippen molar-refractivity contribution in [3.63, 3.8) is 0 Å². The standard InChI is InChI=1S/C12H16N4O2/c1-16-8-9(7-13)12(15-16)14-11(17)5-4-10-3-2-6-18-10/h2-3,6,8H,4-5,7,13H2,1H3,(H,14,15,17). The van der Waals surface area contributed by atoms with E-state index in [4.69, 9.17) is 10.2 Å². The van der Waals surface area contributed by atoms with E-state index in [-0.39, 0.29) is 5.91 Å². The second kappa shape index (κ2) is 5.50. The van der Waals surface area contributed by atoms with Crippen molar-refractivity contribution in [2.75, 3.05) is 5.32 Å². The number of nitrogens with two attached hydrogens (primary N) is 1. The highest BCUT2D eigenvalue weighted by molar-refractivity contribution is 5.90. The molecule has 0 aliphatic heterocycles. The van der Waals surface area contributed by atoms with Gasteiger partial charge in [0.15, 0.2) is 5.82 Å². The molecule has 0 fully saturated rings. The summed E-state index contributed by atoms with van der Waals surface area (Å²) < 4.78 is 6.79. The summed E-state index contributed by atoms with van der Waals surface area (Å²) in [6, 6.07) is 3.65. The van der Waals surface area contributed by atoms with Gasteiger partial charge in [-0.3, -0.25) is 9.48 Å². The van der Waals surface area contributed by atoms with E-state index in [9.17, 15) is 4.79 Å². The lowest BCUT2D eigenvalue weighted by atomic mass is 10.2. The number of amides is 1. The molecular weight excluding hydrogens is 232 g/mol. The summed E-state index contributed by atoms with van der Waals surface area (Å²) >= 11 is 0. The van der Waals surface area contributed by atoms with E-state index in [0.29, 0.717) is 25.2 Å². The van der Waals surface area contributed by atoms with Crippen molar-refractivity contribution < 1.29 is 9.21 Å². The van der Waals surface area contributed by atoms with Crippen LogP contribution in [0.1, 0.15) is 17.7 Å². The Balaban J connectivity index is 1.90. The van der Waals surface area contributed by atoms with Crippen molar-refractivity contribution in [1.29, 1.82) is 0 Å². The monoisotopic (exact) mass is 248 g/mol. The molecule has 96 valence electrons. The fraction of sp³-hybridized carbons (Fsp3) is 0.333. The van der Waals surface area contributed by atoms with Crippen LogP contribution in [0.4, 0.5) is 5.82 Å². The van der Waals surface area contributed by atoms with Crippen molar-refractivity contribution in [3.05, 3.63) is 35.9 Å². The minimum atomic E-state index is -0.0974. The normalized spacial score (nSPS) is 10.6. The quantitative estimate of drug-likeness (QED) is 0.827. The number of anilines is 1. The summed E-state index contributed by atoms with van der Waals surface area (Å²) in [6.45, 7) is 0.349. The predicted octanol–water partition coefficient (Wildman–Crippen LogP) is 1.04. The van der Waals surface area contributed by atoms with Crippen molar-refractivity contribution >= 4 is 11.7 Å². The van der Waals surface area contributed by atoms with Crippen LogP contribution in [0.2, 0.25) is 0 Å². The zero-order chi connectivity index (χ0) is 13.0. The molecule has 3 N–H and O–H groups in total. The Hall–Kier alpha value is -2.08. The molecule has 0 aliphatic rings. The maximum absolute atomic E-state index is 11.7. The van der Waals surface area contributed by atoms with E-state index in [1.165, 1.54) is 0 Å². The molecule has 2 heterocycles. The van der Waals surface area contributed by atoms with Gasteiger partial charge >= 0.3 is 0 Å². The summed E-state index contributed by atoms with van der Waals surface area (Å²) in [6.07, 6.45) is 4.32. The van der Waals surface area contributed by atoms with Crippen LogP contribution in [-0.2, 0) is 24.8 Å². The van der Waals surface area contributed by atoms with Gasteiger partial charge < -0.3 is 15.5 Å². The minimum absolute atomic E-state index is 0.0974. The molecule has 1 amide bonds. The summed E-state index contributed by atoms with van der Waals surface area (Å²) in [5.41, 5.74) is 6.39. The number of hydrogen-bond donors (Lipinski definition) is 2. The van der Waals surface area contributed by atoms with Crippen LogP contribution in [0.5, 0.6) is 0 Å². The largest absolute Gasteiger partial charge is 0.469 e. The van der Waals surface area contributed by atoms with Crippen LogP contribution in [-0.4, -0.2) is 15.7 Å². The second-order valence-corrected chi connectivity index (χ2v) is 4.01.